The van der Waals surface area contributed by atoms with Gasteiger partial charge in [-0.25, -0.2) is 0 Å². The molecule has 0 aromatic rings. The summed E-state index contributed by atoms with van der Waals surface area (Å²) < 4.78 is 0. The van der Waals surface area contributed by atoms with E-state index in [1.807, 2.05) is 0 Å². The number of hydrogen-bond donors (Lipinski definition) is 3. The molecule has 0 fully saturated rings. The Kier molecular flexibility index (Phi) is 4.88. The minimum Gasteiger partial charge on any atom is -0.370 e. The van der Waals surface area contributed by atoms with Crippen molar-refractivity contribution in [3.8, 4) is 0 Å². The van der Waals surface area contributed by atoms with Crippen molar-refractivity contribution in [2.45, 2.75) is 25.3 Å². The molecule has 0 bridgehead atoms. The van der Waals surface area contributed by atoms with Crippen molar-refractivity contribution in [1.82, 2.24) is 0 Å². The van der Waals surface area contributed by atoms with E-state index in [1.54, 1.807) is 0 Å². The first-order valence-corrected chi connectivity index (χ1v) is 3.40. The smallest absolute Gasteiger partial charge is 0.218 e. The molecule has 6 N–H and O–H groups in total. The zero-order chi connectivity index (χ0) is 7.98. The summed E-state index contributed by atoms with van der Waals surface area (Å²) in [4.78, 5) is 10.3. The lowest BCUT2D eigenvalue weighted by atomic mass is 10.1. The van der Waals surface area contributed by atoms with Crippen LogP contribution < -0.4 is 17.2 Å². The second kappa shape index (κ2) is 5.20. The molecule has 0 aliphatic heterocycles. The maximum atomic E-state index is 10.3. The topological polar surface area (TPSA) is 95.1 Å². The fourth-order valence-electron chi connectivity index (χ4n) is 0.741. The van der Waals surface area contributed by atoms with Gasteiger partial charge in [0.1, 0.15) is 0 Å². The number of hydrogen-bond acceptors (Lipinski definition) is 3. The van der Waals surface area contributed by atoms with Gasteiger partial charge in [0.25, 0.3) is 0 Å². The summed E-state index contributed by atoms with van der Waals surface area (Å²) in [7, 11) is 0. The van der Waals surface area contributed by atoms with Crippen LogP contribution in [0, 0.1) is 0 Å². The van der Waals surface area contributed by atoms with Crippen molar-refractivity contribution in [3.63, 3.8) is 0 Å². The fraction of sp³-hybridized carbons (Fsp3) is 0.833. The van der Waals surface area contributed by atoms with Gasteiger partial charge in [-0.1, -0.05) is 0 Å². The third kappa shape index (κ3) is 5.53. The molecule has 1 amide bonds. The van der Waals surface area contributed by atoms with Crippen LogP contribution in [0.5, 0.6) is 0 Å². The highest BCUT2D eigenvalue weighted by Crippen LogP contribution is 1.96. The van der Waals surface area contributed by atoms with Crippen LogP contribution in [0.25, 0.3) is 0 Å². The zero-order valence-corrected chi connectivity index (χ0v) is 6.05. The number of rotatable bonds is 5. The predicted molar refractivity (Wildman–Crippen MR) is 40.1 cm³/mol. The maximum Gasteiger partial charge on any atom is 0.218 e. The lowest BCUT2D eigenvalue weighted by molar-refractivity contribution is -0.118. The van der Waals surface area contributed by atoms with Gasteiger partial charge >= 0.3 is 0 Å². The van der Waals surface area contributed by atoms with E-state index in [0.717, 1.165) is 12.8 Å². The summed E-state index contributed by atoms with van der Waals surface area (Å²) in [6, 6.07) is -0.110. The molecule has 60 valence electrons. The van der Waals surface area contributed by atoms with Gasteiger partial charge in [-0.3, -0.25) is 4.79 Å². The summed E-state index contributed by atoms with van der Waals surface area (Å²) >= 11 is 0. The van der Waals surface area contributed by atoms with Gasteiger partial charge in [-0.05, 0) is 19.4 Å². The van der Waals surface area contributed by atoms with E-state index in [4.69, 9.17) is 17.2 Å². The van der Waals surface area contributed by atoms with E-state index in [9.17, 15) is 4.79 Å². The first kappa shape index (κ1) is 9.39. The Hall–Kier alpha value is -0.610. The highest BCUT2D eigenvalue weighted by molar-refractivity contribution is 5.74. The van der Waals surface area contributed by atoms with Gasteiger partial charge in [-0.2, -0.15) is 0 Å². The van der Waals surface area contributed by atoms with Gasteiger partial charge in [0, 0.05) is 12.5 Å². The van der Waals surface area contributed by atoms with Crippen LogP contribution in [0.4, 0.5) is 0 Å². The van der Waals surface area contributed by atoms with Crippen molar-refractivity contribution in [2.24, 2.45) is 17.2 Å². The van der Waals surface area contributed by atoms with E-state index in [-0.39, 0.29) is 18.4 Å². The fourth-order valence-corrected chi connectivity index (χ4v) is 0.741. The molecular formula is C6H15N3O. The maximum absolute atomic E-state index is 10.3. The normalized spacial score (nSPS) is 13.0. The molecule has 0 spiro atoms. The minimum absolute atomic E-state index is 0.110. The zero-order valence-electron chi connectivity index (χ0n) is 6.05. The first-order valence-electron chi connectivity index (χ1n) is 3.40. The van der Waals surface area contributed by atoms with E-state index in [1.165, 1.54) is 0 Å². The van der Waals surface area contributed by atoms with Crippen LogP contribution in [0.1, 0.15) is 19.3 Å². The Morgan fingerprint density at radius 1 is 1.50 bits per heavy atom. The van der Waals surface area contributed by atoms with Crippen LogP contribution in [-0.2, 0) is 4.79 Å². The lowest BCUT2D eigenvalue weighted by Crippen LogP contribution is -2.27. The van der Waals surface area contributed by atoms with Crippen LogP contribution >= 0.6 is 0 Å². The quantitative estimate of drug-likeness (QED) is 0.459. The van der Waals surface area contributed by atoms with E-state index in [0.29, 0.717) is 6.54 Å². The predicted octanol–water partition coefficient (Wildman–Crippen LogP) is -1.07. The van der Waals surface area contributed by atoms with Crippen molar-refractivity contribution < 1.29 is 4.79 Å². The lowest BCUT2D eigenvalue weighted by Gasteiger charge is -2.06. The molecule has 0 aromatic carbocycles. The van der Waals surface area contributed by atoms with Crippen molar-refractivity contribution in [1.29, 1.82) is 0 Å². The molecule has 10 heavy (non-hydrogen) atoms. The number of nitrogens with two attached hydrogens (primary N) is 3. The van der Waals surface area contributed by atoms with Gasteiger partial charge < -0.3 is 17.2 Å². The van der Waals surface area contributed by atoms with Crippen LogP contribution in [0.3, 0.4) is 0 Å². The number of carbonyl (C=O) groups excluding carboxylic acids is 1. The second-order valence-corrected chi connectivity index (χ2v) is 2.36. The Morgan fingerprint density at radius 3 is 2.50 bits per heavy atom. The van der Waals surface area contributed by atoms with Crippen molar-refractivity contribution in [2.75, 3.05) is 6.54 Å². The minimum atomic E-state index is -0.343. The summed E-state index contributed by atoms with van der Waals surface area (Å²) in [5, 5.41) is 0. The molecule has 0 radical (unpaired) electrons. The van der Waals surface area contributed by atoms with Gasteiger partial charge in [0.2, 0.25) is 5.91 Å². The standard InChI is InChI=1S/C6H15N3O/c7-3-1-2-5(8)4-6(9)10/h5H,1-4,7-8H2,(H2,9,10)/t5-/m1/s1. The first-order chi connectivity index (χ1) is 4.66. The number of primary amides is 1. The van der Waals surface area contributed by atoms with Crippen molar-refractivity contribution >= 4 is 5.91 Å². The molecule has 0 heterocycles. The summed E-state index contributed by atoms with van der Waals surface area (Å²) in [6.45, 7) is 0.618. The monoisotopic (exact) mass is 145 g/mol. The third-order valence-electron chi connectivity index (χ3n) is 1.24. The van der Waals surface area contributed by atoms with E-state index >= 15 is 0 Å². The summed E-state index contributed by atoms with van der Waals surface area (Å²) in [5.74, 6) is -0.343. The van der Waals surface area contributed by atoms with Gasteiger partial charge in [0.05, 0.1) is 0 Å². The highest BCUT2D eigenvalue weighted by atomic mass is 16.1. The van der Waals surface area contributed by atoms with Crippen LogP contribution in [0.15, 0.2) is 0 Å². The molecular weight excluding hydrogens is 130 g/mol. The van der Waals surface area contributed by atoms with E-state index < -0.39 is 0 Å². The molecule has 1 atom stereocenters. The number of amides is 1. The summed E-state index contributed by atoms with van der Waals surface area (Å²) in [5.41, 5.74) is 15.7. The molecule has 0 aromatic heterocycles. The Morgan fingerprint density at radius 2 is 2.10 bits per heavy atom. The largest absolute Gasteiger partial charge is 0.370 e. The Labute approximate surface area is 60.7 Å². The third-order valence-corrected chi connectivity index (χ3v) is 1.24. The average molecular weight is 145 g/mol. The highest BCUT2D eigenvalue weighted by Gasteiger charge is 2.04. The molecule has 0 unspecified atom stereocenters. The molecule has 4 nitrogen and oxygen atoms in total. The number of carbonyl (C=O) groups is 1. The van der Waals surface area contributed by atoms with Crippen LogP contribution in [0.2, 0.25) is 0 Å². The SMILES string of the molecule is NCCC[C@@H](N)CC(N)=O. The van der Waals surface area contributed by atoms with E-state index in [2.05, 4.69) is 0 Å². The second-order valence-electron chi connectivity index (χ2n) is 2.36. The van der Waals surface area contributed by atoms with Crippen LogP contribution in [-0.4, -0.2) is 18.5 Å². The molecule has 0 aliphatic rings. The van der Waals surface area contributed by atoms with Crippen molar-refractivity contribution in [3.05, 3.63) is 0 Å². The Bertz CT molecular complexity index is 105. The molecule has 0 saturated carbocycles. The molecule has 4 heteroatoms. The Balaban J connectivity index is 3.25. The molecule has 0 aliphatic carbocycles. The summed E-state index contributed by atoms with van der Waals surface area (Å²) in [6.07, 6.45) is 1.90. The average Bonchev–Trinajstić information content (AvgIpc) is 1.82. The molecule has 0 saturated heterocycles. The van der Waals surface area contributed by atoms with Gasteiger partial charge in [-0.15, -0.1) is 0 Å². The molecule has 0 rings (SSSR count). The van der Waals surface area contributed by atoms with Gasteiger partial charge in [0.15, 0.2) is 0 Å².